The molecule has 0 bridgehead atoms. The van der Waals surface area contributed by atoms with Gasteiger partial charge in [0.1, 0.15) is 29.7 Å². The van der Waals surface area contributed by atoms with E-state index in [4.69, 9.17) is 4.74 Å². The minimum Gasteiger partial charge on any atom is -0.456 e. The highest BCUT2D eigenvalue weighted by atomic mass is 32.1. The molecule has 4 unspecified atom stereocenters. The first kappa shape index (κ1) is 31.8. The molecular weight excluding hydrogens is 502 g/mol. The van der Waals surface area contributed by atoms with Crippen molar-refractivity contribution in [2.75, 3.05) is 11.5 Å². The average Bonchev–Trinajstić information content (AvgIpc) is 2.81. The lowest BCUT2D eigenvalue weighted by atomic mass is 9.88. The van der Waals surface area contributed by atoms with E-state index in [-0.39, 0.29) is 41.9 Å². The number of hydrogen-bond acceptors (Lipinski definition) is 8. The van der Waals surface area contributed by atoms with Crippen LogP contribution >= 0.6 is 25.3 Å². The van der Waals surface area contributed by atoms with Crippen LogP contribution in [0.25, 0.3) is 0 Å². The highest BCUT2D eigenvalue weighted by Crippen LogP contribution is 2.20. The number of cyclic esters (lactones) is 1. The molecule has 202 valence electrons. The van der Waals surface area contributed by atoms with E-state index in [1.807, 2.05) is 13.8 Å². The monoisotopic (exact) mass is 541 g/mol. The van der Waals surface area contributed by atoms with Gasteiger partial charge in [0.15, 0.2) is 0 Å². The van der Waals surface area contributed by atoms with Gasteiger partial charge in [0, 0.05) is 24.5 Å². The number of allylic oxidation sites excluding steroid dienone is 2. The molecule has 1 saturated heterocycles. The molecule has 1 rings (SSSR count). The molecule has 0 aromatic carbocycles. The van der Waals surface area contributed by atoms with Gasteiger partial charge in [0.25, 0.3) is 5.91 Å². The van der Waals surface area contributed by atoms with Gasteiger partial charge in [-0.3, -0.25) is 19.2 Å². The third-order valence-corrected chi connectivity index (χ3v) is 6.37. The van der Waals surface area contributed by atoms with E-state index in [1.165, 1.54) is 6.08 Å². The number of carbonyl (C=O) groups is 5. The van der Waals surface area contributed by atoms with Crippen LogP contribution in [0.4, 0.5) is 0 Å². The molecule has 0 spiro atoms. The van der Waals surface area contributed by atoms with Gasteiger partial charge in [-0.15, -0.1) is 0 Å². The summed E-state index contributed by atoms with van der Waals surface area (Å²) in [5, 5.41) is 7.76. The van der Waals surface area contributed by atoms with Gasteiger partial charge in [-0.1, -0.05) is 39.8 Å². The third kappa shape index (κ3) is 10.0. The molecule has 11 heteroatoms. The van der Waals surface area contributed by atoms with Crippen LogP contribution in [-0.4, -0.2) is 59.2 Å². The first-order valence-corrected chi connectivity index (χ1v) is 13.4. The first-order chi connectivity index (χ1) is 16.9. The molecule has 0 aromatic heterocycles. The summed E-state index contributed by atoms with van der Waals surface area (Å²) in [4.78, 5) is 64.7. The van der Waals surface area contributed by atoms with E-state index in [2.05, 4.69) is 41.2 Å². The third-order valence-electron chi connectivity index (χ3n) is 5.75. The van der Waals surface area contributed by atoms with Crippen molar-refractivity contribution in [1.29, 1.82) is 0 Å². The number of amides is 3. The lowest BCUT2D eigenvalue weighted by Crippen LogP contribution is -2.53. The Labute approximate surface area is 224 Å². The molecule has 4 atom stereocenters. The van der Waals surface area contributed by atoms with E-state index in [0.29, 0.717) is 12.2 Å². The summed E-state index contributed by atoms with van der Waals surface area (Å²) in [5.41, 5.74) is -0.0765. The number of Topliss-reactive ketones (excluding diaryl/α,β-unsaturated/α-hetero) is 1. The number of thiol groups is 2. The van der Waals surface area contributed by atoms with Gasteiger partial charge in [-0.2, -0.15) is 25.3 Å². The number of rotatable bonds is 6. The van der Waals surface area contributed by atoms with Crippen molar-refractivity contribution in [3.63, 3.8) is 0 Å². The van der Waals surface area contributed by atoms with Crippen molar-refractivity contribution in [2.24, 2.45) is 17.8 Å². The van der Waals surface area contributed by atoms with Gasteiger partial charge in [0.2, 0.25) is 11.8 Å². The Morgan fingerprint density at radius 2 is 1.64 bits per heavy atom. The Hall–Kier alpha value is -2.27. The molecule has 3 N–H and O–H groups in total. The van der Waals surface area contributed by atoms with Crippen LogP contribution in [0.2, 0.25) is 0 Å². The van der Waals surface area contributed by atoms with Gasteiger partial charge in [0.05, 0.1) is 0 Å². The Bertz CT molecular complexity index is 872. The van der Waals surface area contributed by atoms with E-state index < -0.39 is 47.8 Å². The summed E-state index contributed by atoms with van der Waals surface area (Å²) < 4.78 is 5.63. The smallest absolute Gasteiger partial charge is 0.329 e. The predicted octanol–water partition coefficient (Wildman–Crippen LogP) is 1.98. The lowest BCUT2D eigenvalue weighted by Gasteiger charge is -2.26. The van der Waals surface area contributed by atoms with E-state index in [9.17, 15) is 24.0 Å². The topological polar surface area (TPSA) is 131 Å². The summed E-state index contributed by atoms with van der Waals surface area (Å²) in [5.74, 6) is -3.43. The van der Waals surface area contributed by atoms with E-state index >= 15 is 0 Å². The van der Waals surface area contributed by atoms with Gasteiger partial charge < -0.3 is 20.7 Å². The Morgan fingerprint density at radius 1 is 0.972 bits per heavy atom. The van der Waals surface area contributed by atoms with Gasteiger partial charge >= 0.3 is 5.97 Å². The minimum atomic E-state index is -1.03. The second-order valence-electron chi connectivity index (χ2n) is 9.34. The normalized spacial score (nSPS) is 26.8. The maximum atomic E-state index is 13.0. The molecule has 0 saturated carbocycles. The second kappa shape index (κ2) is 15.8. The van der Waals surface area contributed by atoms with E-state index in [0.717, 1.165) is 0 Å². The quantitative estimate of drug-likeness (QED) is 0.151. The Kier molecular flexibility index (Phi) is 13.9. The molecule has 1 aliphatic heterocycles. The van der Waals surface area contributed by atoms with Crippen LogP contribution in [0.3, 0.4) is 0 Å². The SMILES string of the molecule is C/C=C1\NC(=O)C(CS)NC(=O)C(C(C)C)CC(=O)CC(/C=C/CCS)OC(=O)C(C(C)C)NC1=O. The van der Waals surface area contributed by atoms with Crippen LogP contribution < -0.4 is 16.0 Å². The number of nitrogens with one attached hydrogen (secondary N) is 3. The van der Waals surface area contributed by atoms with Crippen LogP contribution in [0.5, 0.6) is 0 Å². The number of ketones is 1. The molecule has 9 nitrogen and oxygen atoms in total. The minimum absolute atomic E-state index is 0.0199. The van der Waals surface area contributed by atoms with Crippen LogP contribution in [-0.2, 0) is 28.7 Å². The highest BCUT2D eigenvalue weighted by Gasteiger charge is 2.33. The van der Waals surface area contributed by atoms with E-state index in [1.54, 1.807) is 32.9 Å². The first-order valence-electron chi connectivity index (χ1n) is 12.1. The molecule has 1 aliphatic rings. The summed E-state index contributed by atoms with van der Waals surface area (Å²) in [6.45, 7) is 8.67. The summed E-state index contributed by atoms with van der Waals surface area (Å²) in [6.07, 6.45) is 4.35. The number of hydrogen-bond donors (Lipinski definition) is 5. The van der Waals surface area contributed by atoms with Crippen LogP contribution in [0, 0.1) is 17.8 Å². The maximum absolute atomic E-state index is 13.0. The van der Waals surface area contributed by atoms with Crippen molar-refractivity contribution in [3.8, 4) is 0 Å². The molecular formula is C25H39N3O6S2. The molecule has 3 amide bonds. The zero-order valence-electron chi connectivity index (χ0n) is 21.6. The van der Waals surface area contributed by atoms with Crippen LogP contribution in [0.15, 0.2) is 23.9 Å². The largest absolute Gasteiger partial charge is 0.456 e. The molecule has 0 aromatic rings. The van der Waals surface area contributed by atoms with Crippen molar-refractivity contribution >= 4 is 54.7 Å². The van der Waals surface area contributed by atoms with Crippen molar-refractivity contribution in [2.45, 2.75) is 72.1 Å². The zero-order chi connectivity index (χ0) is 27.4. The summed E-state index contributed by atoms with van der Waals surface area (Å²) in [6, 6.07) is -2.05. The summed E-state index contributed by atoms with van der Waals surface area (Å²) >= 11 is 8.34. The highest BCUT2D eigenvalue weighted by molar-refractivity contribution is 7.80. The molecule has 0 radical (unpaired) electrons. The fourth-order valence-electron chi connectivity index (χ4n) is 3.55. The molecule has 0 aliphatic carbocycles. The predicted molar refractivity (Wildman–Crippen MR) is 145 cm³/mol. The standard InChI is InChI=1S/C25H39N3O6S2/c1-6-19-23(31)28-21(15(4)5)25(33)34-17(9-7-8-10-35)11-16(29)12-18(14(2)3)22(30)27-20(13-36)24(32)26-19/h6-7,9,14-15,17-18,20-21,35-36H,8,10-13H2,1-5H3,(H,26,32)(H,27,30)(H,28,31)/b9-7+,19-6-. The van der Waals surface area contributed by atoms with Crippen LogP contribution in [0.1, 0.15) is 53.9 Å². The fourth-order valence-corrected chi connectivity index (χ4v) is 3.95. The van der Waals surface area contributed by atoms with Crippen molar-refractivity contribution in [1.82, 2.24) is 16.0 Å². The number of ether oxygens (including phenoxy) is 1. The zero-order valence-corrected chi connectivity index (χ0v) is 23.4. The van der Waals surface area contributed by atoms with Gasteiger partial charge in [-0.05, 0) is 37.0 Å². The summed E-state index contributed by atoms with van der Waals surface area (Å²) in [7, 11) is 0. The number of carbonyl (C=O) groups excluding carboxylic acids is 5. The van der Waals surface area contributed by atoms with Crippen molar-refractivity contribution < 1.29 is 28.7 Å². The lowest BCUT2D eigenvalue weighted by molar-refractivity contribution is -0.153. The second-order valence-corrected chi connectivity index (χ2v) is 10.2. The molecule has 1 fully saturated rings. The molecule has 36 heavy (non-hydrogen) atoms. The van der Waals surface area contributed by atoms with Gasteiger partial charge in [-0.25, -0.2) is 4.79 Å². The Morgan fingerprint density at radius 3 is 2.17 bits per heavy atom. The fraction of sp³-hybridized carbons (Fsp3) is 0.640. The average molecular weight is 542 g/mol. The maximum Gasteiger partial charge on any atom is 0.329 e. The molecule has 1 heterocycles. The Balaban J connectivity index is 3.43. The van der Waals surface area contributed by atoms with Crippen molar-refractivity contribution in [3.05, 3.63) is 23.9 Å². The number of esters is 1.